The number of nitrogens with one attached hydrogen (secondary N) is 2. The highest BCUT2D eigenvalue weighted by atomic mass is 16.5. The molecule has 0 radical (unpaired) electrons. The van der Waals surface area contributed by atoms with Crippen molar-refractivity contribution in [2.45, 2.75) is 39.8 Å². The molecule has 1 unspecified atom stereocenters. The molecule has 0 aliphatic carbocycles. The van der Waals surface area contributed by atoms with Crippen LogP contribution in [0.25, 0.3) is 0 Å². The third-order valence-electron chi connectivity index (χ3n) is 5.36. The van der Waals surface area contributed by atoms with E-state index in [0.29, 0.717) is 19.0 Å². The zero-order chi connectivity index (χ0) is 22.2. The summed E-state index contributed by atoms with van der Waals surface area (Å²) in [5.41, 5.74) is 3.70. The van der Waals surface area contributed by atoms with Crippen molar-refractivity contribution in [3.63, 3.8) is 0 Å². The summed E-state index contributed by atoms with van der Waals surface area (Å²) in [6, 6.07) is 16.6. The first-order valence-corrected chi connectivity index (χ1v) is 10.5. The van der Waals surface area contributed by atoms with Gasteiger partial charge in [-0.25, -0.2) is 4.99 Å². The number of ether oxygens (including phenoxy) is 1. The molecular weight excluding hydrogens is 388 g/mol. The molecule has 2 aromatic carbocycles. The van der Waals surface area contributed by atoms with Crippen LogP contribution in [-0.4, -0.2) is 34.4 Å². The summed E-state index contributed by atoms with van der Waals surface area (Å²) < 4.78 is 7.21. The summed E-state index contributed by atoms with van der Waals surface area (Å²) in [7, 11) is 3.64. The second kappa shape index (κ2) is 10.6. The summed E-state index contributed by atoms with van der Waals surface area (Å²) in [4.78, 5) is 4.78. The van der Waals surface area contributed by atoms with E-state index < -0.39 is 0 Å². The van der Waals surface area contributed by atoms with E-state index in [2.05, 4.69) is 58.9 Å². The van der Waals surface area contributed by atoms with Crippen LogP contribution in [0.1, 0.15) is 41.2 Å². The Morgan fingerprint density at radius 3 is 2.52 bits per heavy atom. The predicted molar refractivity (Wildman–Crippen MR) is 124 cm³/mol. The van der Waals surface area contributed by atoms with E-state index in [-0.39, 0.29) is 0 Å². The maximum atomic E-state index is 5.24. The van der Waals surface area contributed by atoms with Crippen LogP contribution >= 0.6 is 0 Å². The number of hydrogen-bond donors (Lipinski definition) is 2. The molecule has 164 valence electrons. The van der Waals surface area contributed by atoms with E-state index in [1.165, 1.54) is 11.1 Å². The van der Waals surface area contributed by atoms with Crippen molar-refractivity contribution in [3.8, 4) is 5.75 Å². The number of methoxy groups -OCH3 is 1. The zero-order valence-corrected chi connectivity index (χ0v) is 19.0. The Morgan fingerprint density at radius 2 is 1.87 bits per heavy atom. The second-order valence-corrected chi connectivity index (χ2v) is 7.79. The quantitative estimate of drug-likeness (QED) is 0.431. The van der Waals surface area contributed by atoms with E-state index in [0.717, 1.165) is 35.5 Å². The van der Waals surface area contributed by atoms with Crippen molar-refractivity contribution in [3.05, 3.63) is 76.9 Å². The van der Waals surface area contributed by atoms with Crippen molar-refractivity contribution in [2.24, 2.45) is 12.0 Å². The van der Waals surface area contributed by atoms with E-state index in [9.17, 15) is 0 Å². The molecular formula is C24H32N6O. The zero-order valence-electron chi connectivity index (χ0n) is 19.0. The molecule has 7 heteroatoms. The van der Waals surface area contributed by atoms with Crippen LogP contribution in [0.15, 0.2) is 53.5 Å². The molecule has 0 saturated carbocycles. The highest BCUT2D eigenvalue weighted by Crippen LogP contribution is 2.15. The van der Waals surface area contributed by atoms with Crippen LogP contribution in [0.3, 0.4) is 0 Å². The molecule has 1 aromatic heterocycles. The lowest BCUT2D eigenvalue weighted by atomic mass is 9.99. The Balaban J connectivity index is 1.68. The van der Waals surface area contributed by atoms with Gasteiger partial charge in [0.15, 0.2) is 11.8 Å². The van der Waals surface area contributed by atoms with Gasteiger partial charge in [0.2, 0.25) is 0 Å². The molecule has 0 spiro atoms. The summed E-state index contributed by atoms with van der Waals surface area (Å²) in [5.74, 6) is 3.69. The van der Waals surface area contributed by atoms with E-state index in [1.54, 1.807) is 7.11 Å². The molecule has 3 rings (SSSR count). The lowest BCUT2D eigenvalue weighted by molar-refractivity contribution is 0.414. The van der Waals surface area contributed by atoms with Gasteiger partial charge < -0.3 is 19.9 Å². The van der Waals surface area contributed by atoms with Gasteiger partial charge in [-0.3, -0.25) is 0 Å². The lowest BCUT2D eigenvalue weighted by Crippen LogP contribution is -2.39. The minimum Gasteiger partial charge on any atom is -0.497 e. The standard InChI is InChI=1S/C24H32N6O/c1-17-7-6-8-21(13-17)18(2)14-25-24(27-16-23-29-28-19(3)30(23)4)26-15-20-9-11-22(31-5)12-10-20/h6-13,18H,14-16H2,1-5H3,(H2,25,26,27). The van der Waals surface area contributed by atoms with Gasteiger partial charge in [0.25, 0.3) is 0 Å². The van der Waals surface area contributed by atoms with Gasteiger partial charge in [-0.05, 0) is 43.0 Å². The van der Waals surface area contributed by atoms with Crippen LogP contribution in [0.2, 0.25) is 0 Å². The largest absolute Gasteiger partial charge is 0.497 e. The Kier molecular flexibility index (Phi) is 7.65. The minimum atomic E-state index is 0.352. The third kappa shape index (κ3) is 6.31. The van der Waals surface area contributed by atoms with Crippen LogP contribution in [0.5, 0.6) is 5.75 Å². The van der Waals surface area contributed by atoms with E-state index in [1.807, 2.05) is 42.8 Å². The van der Waals surface area contributed by atoms with Gasteiger partial charge in [0.05, 0.1) is 20.2 Å². The molecule has 31 heavy (non-hydrogen) atoms. The first kappa shape index (κ1) is 22.3. The molecule has 0 fully saturated rings. The normalized spacial score (nSPS) is 12.5. The predicted octanol–water partition coefficient (Wildman–Crippen LogP) is 3.48. The number of aliphatic imine (C=N–C) groups is 1. The van der Waals surface area contributed by atoms with Crippen molar-refractivity contribution in [2.75, 3.05) is 13.7 Å². The Labute approximate surface area is 184 Å². The highest BCUT2D eigenvalue weighted by molar-refractivity contribution is 5.79. The second-order valence-electron chi connectivity index (χ2n) is 7.79. The number of hydrogen-bond acceptors (Lipinski definition) is 4. The molecule has 0 amide bonds. The molecule has 0 aliphatic heterocycles. The first-order chi connectivity index (χ1) is 15.0. The van der Waals surface area contributed by atoms with Crippen molar-refractivity contribution < 1.29 is 4.74 Å². The number of aryl methyl sites for hydroxylation is 2. The van der Waals surface area contributed by atoms with Gasteiger partial charge in [-0.15, -0.1) is 10.2 Å². The highest BCUT2D eigenvalue weighted by Gasteiger charge is 2.09. The lowest BCUT2D eigenvalue weighted by Gasteiger charge is -2.17. The summed E-state index contributed by atoms with van der Waals surface area (Å²) in [6.07, 6.45) is 0. The average Bonchev–Trinajstić information content (AvgIpc) is 3.11. The van der Waals surface area contributed by atoms with Gasteiger partial charge >= 0.3 is 0 Å². The fraction of sp³-hybridized carbons (Fsp3) is 0.375. The van der Waals surface area contributed by atoms with Gasteiger partial charge in [0, 0.05) is 13.6 Å². The third-order valence-corrected chi connectivity index (χ3v) is 5.36. The minimum absolute atomic E-state index is 0.352. The molecule has 1 atom stereocenters. The van der Waals surface area contributed by atoms with E-state index in [4.69, 9.17) is 9.73 Å². The Morgan fingerprint density at radius 1 is 1.10 bits per heavy atom. The number of nitrogens with zero attached hydrogens (tertiary/aromatic N) is 4. The van der Waals surface area contributed by atoms with Crippen LogP contribution in [-0.2, 0) is 20.1 Å². The monoisotopic (exact) mass is 420 g/mol. The summed E-state index contributed by atoms with van der Waals surface area (Å²) in [6.45, 7) is 8.16. The average molecular weight is 421 g/mol. The first-order valence-electron chi connectivity index (χ1n) is 10.5. The maximum Gasteiger partial charge on any atom is 0.191 e. The SMILES string of the molecule is COc1ccc(CN=C(NCc2nnc(C)n2C)NCC(C)c2cccc(C)c2)cc1. The van der Waals surface area contributed by atoms with Crippen molar-refractivity contribution >= 4 is 5.96 Å². The molecule has 7 nitrogen and oxygen atoms in total. The molecule has 0 saturated heterocycles. The summed E-state index contributed by atoms with van der Waals surface area (Å²) >= 11 is 0. The molecule has 0 aliphatic rings. The molecule has 3 aromatic rings. The fourth-order valence-electron chi connectivity index (χ4n) is 3.19. The number of aromatic nitrogens is 3. The van der Waals surface area contributed by atoms with Crippen LogP contribution < -0.4 is 15.4 Å². The fourth-order valence-corrected chi connectivity index (χ4v) is 3.19. The van der Waals surface area contributed by atoms with E-state index >= 15 is 0 Å². The number of guanidine groups is 1. The summed E-state index contributed by atoms with van der Waals surface area (Å²) in [5, 5.41) is 15.2. The number of benzene rings is 2. The van der Waals surface area contributed by atoms with Crippen LogP contribution in [0.4, 0.5) is 0 Å². The molecule has 2 N–H and O–H groups in total. The van der Waals surface area contributed by atoms with Crippen molar-refractivity contribution in [1.29, 1.82) is 0 Å². The molecule has 0 bridgehead atoms. The van der Waals surface area contributed by atoms with Crippen molar-refractivity contribution in [1.82, 2.24) is 25.4 Å². The Bertz CT molecular complexity index is 1010. The van der Waals surface area contributed by atoms with Gasteiger partial charge in [-0.1, -0.05) is 48.9 Å². The Hall–Kier alpha value is -3.35. The van der Waals surface area contributed by atoms with Gasteiger partial charge in [-0.2, -0.15) is 0 Å². The number of rotatable bonds is 8. The maximum absolute atomic E-state index is 5.24. The van der Waals surface area contributed by atoms with Gasteiger partial charge in [0.1, 0.15) is 11.6 Å². The topological polar surface area (TPSA) is 76.4 Å². The molecule has 1 heterocycles. The smallest absolute Gasteiger partial charge is 0.191 e. The van der Waals surface area contributed by atoms with Crippen LogP contribution in [0, 0.1) is 13.8 Å².